The highest BCUT2D eigenvalue weighted by molar-refractivity contribution is 8.15. The number of carbonyl (C=O) groups excluding carboxylic acids is 2. The second-order valence-electron chi connectivity index (χ2n) is 9.30. The fourth-order valence-electron chi connectivity index (χ4n) is 4.24. The molecule has 1 aliphatic heterocycles. The highest BCUT2D eigenvalue weighted by Gasteiger charge is 2.33. The quantitative estimate of drug-likeness (QED) is 0.246. The third-order valence-corrected chi connectivity index (χ3v) is 6.96. The number of aromatic nitrogens is 3. The van der Waals surface area contributed by atoms with E-state index in [0.717, 1.165) is 11.8 Å². The maximum atomic E-state index is 14.6. The molecule has 0 aliphatic carbocycles. The standard InChI is InChI=1S/C28H22F4N6O3S/c1-16(2)24-21(29)4-3-5-22(24)38-23(39)14-42-27(38)35-26(40)34-18-8-6-17(7-9-18)25-33-15-37(36-25)19-10-12-20(13-11-19)41-28(30,31)32/h3-13,15-16H,14H2,1-2H3,(H,34,40)/b35-27-. The molecule has 0 unspecified atom stereocenters. The lowest BCUT2D eigenvalue weighted by molar-refractivity contribution is -0.274. The molecule has 1 fully saturated rings. The van der Waals surface area contributed by atoms with Gasteiger partial charge in [-0.2, -0.15) is 4.99 Å². The number of ether oxygens (including phenoxy) is 1. The lowest BCUT2D eigenvalue weighted by atomic mass is 10.00. The summed E-state index contributed by atoms with van der Waals surface area (Å²) in [6, 6.07) is 15.5. The summed E-state index contributed by atoms with van der Waals surface area (Å²) in [6.07, 6.45) is -3.37. The zero-order chi connectivity index (χ0) is 30.0. The number of benzene rings is 3. The smallest absolute Gasteiger partial charge is 0.406 e. The van der Waals surface area contributed by atoms with E-state index in [0.29, 0.717) is 34.0 Å². The Bertz CT molecular complexity index is 1650. The number of amides is 3. The van der Waals surface area contributed by atoms with Crippen molar-refractivity contribution in [2.75, 3.05) is 16.0 Å². The summed E-state index contributed by atoms with van der Waals surface area (Å²) >= 11 is 1.09. The van der Waals surface area contributed by atoms with E-state index in [2.05, 4.69) is 25.1 Å². The van der Waals surface area contributed by atoms with Gasteiger partial charge in [-0.1, -0.05) is 31.7 Å². The molecule has 3 aromatic carbocycles. The molecule has 1 saturated heterocycles. The molecule has 0 radical (unpaired) electrons. The van der Waals surface area contributed by atoms with Gasteiger partial charge in [-0.15, -0.1) is 18.3 Å². The monoisotopic (exact) mass is 598 g/mol. The minimum Gasteiger partial charge on any atom is -0.406 e. The van der Waals surface area contributed by atoms with Crippen molar-refractivity contribution < 1.29 is 31.9 Å². The molecule has 4 aromatic rings. The van der Waals surface area contributed by atoms with Crippen LogP contribution in [0, 0.1) is 5.82 Å². The van der Waals surface area contributed by atoms with Gasteiger partial charge in [-0.3, -0.25) is 9.69 Å². The number of urea groups is 1. The Labute approximate surface area is 241 Å². The zero-order valence-electron chi connectivity index (χ0n) is 22.1. The number of anilines is 2. The molecule has 14 heteroatoms. The molecule has 2 heterocycles. The first kappa shape index (κ1) is 28.8. The molecule has 0 bridgehead atoms. The predicted octanol–water partition coefficient (Wildman–Crippen LogP) is 6.76. The molecule has 1 aromatic heterocycles. The number of halogens is 4. The minimum atomic E-state index is -4.78. The first-order valence-electron chi connectivity index (χ1n) is 12.5. The van der Waals surface area contributed by atoms with Gasteiger partial charge in [0.2, 0.25) is 5.91 Å². The summed E-state index contributed by atoms with van der Waals surface area (Å²) in [5.74, 6) is -0.886. The summed E-state index contributed by atoms with van der Waals surface area (Å²) in [5.41, 5.74) is 2.23. The fraction of sp³-hybridized carbons (Fsp3) is 0.179. The van der Waals surface area contributed by atoms with Crippen molar-refractivity contribution in [3.05, 3.63) is 84.4 Å². The third kappa shape index (κ3) is 6.43. The van der Waals surface area contributed by atoms with Crippen molar-refractivity contribution in [1.29, 1.82) is 0 Å². The van der Waals surface area contributed by atoms with Gasteiger partial charge in [-0.05, 0) is 66.6 Å². The number of rotatable bonds is 6. The first-order valence-corrected chi connectivity index (χ1v) is 13.5. The number of amidine groups is 1. The number of thioether (sulfide) groups is 1. The molecule has 3 amide bonds. The number of nitrogens with one attached hydrogen (secondary N) is 1. The summed E-state index contributed by atoms with van der Waals surface area (Å²) in [5, 5.41) is 7.14. The fourth-order valence-corrected chi connectivity index (χ4v) is 5.09. The molecule has 0 saturated carbocycles. The Morgan fingerprint density at radius 1 is 1.07 bits per heavy atom. The molecule has 42 heavy (non-hydrogen) atoms. The summed E-state index contributed by atoms with van der Waals surface area (Å²) in [6.45, 7) is 3.63. The topological polar surface area (TPSA) is 102 Å². The van der Waals surface area contributed by atoms with Gasteiger partial charge >= 0.3 is 12.4 Å². The predicted molar refractivity (Wildman–Crippen MR) is 150 cm³/mol. The van der Waals surface area contributed by atoms with Gasteiger partial charge in [0.15, 0.2) is 11.0 Å². The maximum absolute atomic E-state index is 14.6. The van der Waals surface area contributed by atoms with Crippen LogP contribution in [0.1, 0.15) is 25.3 Å². The Kier molecular flexibility index (Phi) is 7.98. The third-order valence-electron chi connectivity index (χ3n) is 6.03. The molecule has 0 atom stereocenters. The van der Waals surface area contributed by atoms with Crippen LogP contribution in [-0.4, -0.2) is 44.0 Å². The van der Waals surface area contributed by atoms with Crippen molar-refractivity contribution in [2.24, 2.45) is 4.99 Å². The Morgan fingerprint density at radius 2 is 1.79 bits per heavy atom. The number of aliphatic imine (C=N–C) groups is 1. The van der Waals surface area contributed by atoms with E-state index in [1.807, 2.05) is 13.8 Å². The van der Waals surface area contributed by atoms with Crippen LogP contribution in [-0.2, 0) is 4.79 Å². The van der Waals surface area contributed by atoms with Crippen LogP contribution in [0.2, 0.25) is 0 Å². The van der Waals surface area contributed by atoms with E-state index in [-0.39, 0.29) is 28.5 Å². The summed E-state index contributed by atoms with van der Waals surface area (Å²) in [7, 11) is 0. The number of alkyl halides is 3. The number of carbonyl (C=O) groups is 2. The first-order chi connectivity index (χ1) is 20.0. The van der Waals surface area contributed by atoms with Crippen LogP contribution < -0.4 is 15.0 Å². The molecule has 9 nitrogen and oxygen atoms in total. The second-order valence-corrected chi connectivity index (χ2v) is 10.2. The maximum Gasteiger partial charge on any atom is 0.573 e. The van der Waals surface area contributed by atoms with Gasteiger partial charge in [-0.25, -0.2) is 18.9 Å². The highest BCUT2D eigenvalue weighted by atomic mass is 32.2. The molecule has 1 N–H and O–H groups in total. The van der Waals surface area contributed by atoms with E-state index >= 15 is 0 Å². The molecular formula is C28H22F4N6O3S. The van der Waals surface area contributed by atoms with Gasteiger partial charge in [0, 0.05) is 16.8 Å². The van der Waals surface area contributed by atoms with Crippen molar-refractivity contribution in [1.82, 2.24) is 14.8 Å². The van der Waals surface area contributed by atoms with Crippen molar-refractivity contribution in [3.63, 3.8) is 0 Å². The Morgan fingerprint density at radius 3 is 2.45 bits per heavy atom. The molecule has 1 aliphatic rings. The largest absolute Gasteiger partial charge is 0.573 e. The van der Waals surface area contributed by atoms with Crippen LogP contribution in [0.15, 0.2) is 78.0 Å². The van der Waals surface area contributed by atoms with Crippen LogP contribution in [0.4, 0.5) is 33.7 Å². The van der Waals surface area contributed by atoms with Crippen LogP contribution in [0.5, 0.6) is 5.75 Å². The van der Waals surface area contributed by atoms with Gasteiger partial charge in [0.25, 0.3) is 0 Å². The minimum absolute atomic E-state index is 0.0694. The van der Waals surface area contributed by atoms with Crippen molar-refractivity contribution in [2.45, 2.75) is 26.1 Å². The van der Waals surface area contributed by atoms with Crippen molar-refractivity contribution >= 4 is 40.2 Å². The normalized spacial score (nSPS) is 14.6. The summed E-state index contributed by atoms with van der Waals surface area (Å²) < 4.78 is 57.0. The van der Waals surface area contributed by atoms with Crippen LogP contribution in [0.25, 0.3) is 17.1 Å². The summed E-state index contributed by atoms with van der Waals surface area (Å²) in [4.78, 5) is 35.0. The average molecular weight is 599 g/mol. The average Bonchev–Trinajstić information content (AvgIpc) is 3.55. The number of hydrogen-bond acceptors (Lipinski definition) is 6. The number of hydrogen-bond donors (Lipinski definition) is 1. The lowest BCUT2D eigenvalue weighted by Gasteiger charge is -2.22. The van der Waals surface area contributed by atoms with Gasteiger partial charge in [0.05, 0.1) is 17.1 Å². The zero-order valence-corrected chi connectivity index (χ0v) is 22.9. The van der Waals surface area contributed by atoms with Gasteiger partial charge < -0.3 is 10.1 Å². The Hall–Kier alpha value is -4.72. The molecular weight excluding hydrogens is 576 g/mol. The second kappa shape index (κ2) is 11.6. The van der Waals surface area contributed by atoms with Crippen LogP contribution in [0.3, 0.4) is 0 Å². The van der Waals surface area contributed by atoms with E-state index in [1.54, 1.807) is 30.3 Å². The van der Waals surface area contributed by atoms with Crippen molar-refractivity contribution in [3.8, 4) is 22.8 Å². The van der Waals surface area contributed by atoms with Gasteiger partial charge in [0.1, 0.15) is 17.9 Å². The highest BCUT2D eigenvalue weighted by Crippen LogP contribution is 2.35. The van der Waals surface area contributed by atoms with E-state index in [9.17, 15) is 27.2 Å². The van der Waals surface area contributed by atoms with Crippen LogP contribution >= 0.6 is 11.8 Å². The Balaban J connectivity index is 1.27. The van der Waals surface area contributed by atoms with E-state index < -0.39 is 18.2 Å². The number of nitrogens with zero attached hydrogens (tertiary/aromatic N) is 5. The van der Waals surface area contributed by atoms with E-state index in [4.69, 9.17) is 0 Å². The SMILES string of the molecule is CC(C)c1c(F)cccc1N1C(=O)CS/C1=N\C(=O)Nc1ccc(-c2ncn(-c3ccc(OC(F)(F)F)cc3)n2)cc1. The molecule has 0 spiro atoms. The molecule has 5 rings (SSSR count). The lowest BCUT2D eigenvalue weighted by Crippen LogP contribution is -2.31. The molecule has 216 valence electrons. The van der Waals surface area contributed by atoms with E-state index in [1.165, 1.54) is 52.3 Å².